The van der Waals surface area contributed by atoms with Crippen molar-refractivity contribution in [1.82, 2.24) is 20.4 Å². The molecule has 8 nitrogen and oxygen atoms in total. The van der Waals surface area contributed by atoms with E-state index in [9.17, 15) is 14.4 Å². The van der Waals surface area contributed by atoms with Crippen molar-refractivity contribution in [2.24, 2.45) is 5.73 Å². The van der Waals surface area contributed by atoms with E-state index >= 15 is 0 Å². The van der Waals surface area contributed by atoms with Crippen LogP contribution in [0.5, 0.6) is 0 Å². The van der Waals surface area contributed by atoms with Gasteiger partial charge in [-0.15, -0.1) is 0 Å². The number of hydrogen-bond donors (Lipinski definition) is 3. The summed E-state index contributed by atoms with van der Waals surface area (Å²) in [6.45, 7) is 5.39. The first-order valence-electron chi connectivity index (χ1n) is 7.30. The maximum absolute atomic E-state index is 11.9. The molecule has 1 aliphatic rings. The van der Waals surface area contributed by atoms with Gasteiger partial charge >= 0.3 is 0 Å². The first kappa shape index (κ1) is 17.4. The number of nitrogens with two attached hydrogens (primary N) is 1. The Balaban J connectivity index is 2.23. The van der Waals surface area contributed by atoms with Crippen LogP contribution < -0.4 is 16.4 Å². The highest BCUT2D eigenvalue weighted by Crippen LogP contribution is 2.01. The lowest BCUT2D eigenvalue weighted by atomic mass is 10.3. The summed E-state index contributed by atoms with van der Waals surface area (Å²) in [7, 11) is 0. The van der Waals surface area contributed by atoms with Crippen LogP contribution in [0.25, 0.3) is 0 Å². The molecule has 0 aliphatic carbocycles. The molecule has 8 heteroatoms. The van der Waals surface area contributed by atoms with Gasteiger partial charge in [0, 0.05) is 32.7 Å². The van der Waals surface area contributed by atoms with Gasteiger partial charge in [0.05, 0.1) is 19.6 Å². The monoisotopic (exact) mass is 299 g/mol. The van der Waals surface area contributed by atoms with Crippen LogP contribution in [0.15, 0.2) is 0 Å². The Morgan fingerprint density at radius 1 is 1.05 bits per heavy atom. The number of piperazine rings is 1. The molecule has 0 unspecified atom stereocenters. The number of carbonyl (C=O) groups is 3. The normalized spacial score (nSPS) is 15.6. The summed E-state index contributed by atoms with van der Waals surface area (Å²) >= 11 is 0. The molecule has 1 fully saturated rings. The number of rotatable bonds is 7. The van der Waals surface area contributed by atoms with E-state index < -0.39 is 0 Å². The van der Waals surface area contributed by atoms with Crippen LogP contribution >= 0.6 is 0 Å². The average molecular weight is 299 g/mol. The standard InChI is InChI=1S/C13H25N5O3/c1-2-3-15-12(20)10-17-4-6-18(7-5-17)13(21)9-16-11(19)8-14/h2-10,14H2,1H3,(H,15,20)(H,16,19). The molecule has 21 heavy (non-hydrogen) atoms. The molecule has 1 heterocycles. The summed E-state index contributed by atoms with van der Waals surface area (Å²) in [6.07, 6.45) is 0.919. The van der Waals surface area contributed by atoms with E-state index in [1.807, 2.05) is 11.8 Å². The third-order valence-corrected chi connectivity index (χ3v) is 3.29. The number of nitrogens with zero attached hydrogens (tertiary/aromatic N) is 2. The van der Waals surface area contributed by atoms with Gasteiger partial charge in [0.2, 0.25) is 17.7 Å². The van der Waals surface area contributed by atoms with Crippen molar-refractivity contribution >= 4 is 17.7 Å². The summed E-state index contributed by atoms with van der Waals surface area (Å²) in [4.78, 5) is 38.2. The maximum atomic E-state index is 11.9. The molecule has 1 rings (SSSR count). The van der Waals surface area contributed by atoms with Gasteiger partial charge in [-0.05, 0) is 6.42 Å². The minimum absolute atomic E-state index is 0.0202. The number of hydrogen-bond acceptors (Lipinski definition) is 5. The molecule has 120 valence electrons. The first-order chi connectivity index (χ1) is 10.1. The van der Waals surface area contributed by atoms with Crippen molar-refractivity contribution in [2.75, 3.05) is 52.4 Å². The molecule has 1 saturated heterocycles. The molecule has 0 aromatic rings. The Bertz CT molecular complexity index is 367. The second kappa shape index (κ2) is 9.30. The lowest BCUT2D eigenvalue weighted by molar-refractivity contribution is -0.134. The van der Waals surface area contributed by atoms with Crippen molar-refractivity contribution in [3.8, 4) is 0 Å². The van der Waals surface area contributed by atoms with Crippen LogP contribution in [0.2, 0.25) is 0 Å². The van der Waals surface area contributed by atoms with Gasteiger partial charge in [-0.3, -0.25) is 19.3 Å². The van der Waals surface area contributed by atoms with Crippen LogP contribution in [0.3, 0.4) is 0 Å². The zero-order chi connectivity index (χ0) is 15.7. The fourth-order valence-electron chi connectivity index (χ4n) is 2.04. The van der Waals surface area contributed by atoms with Crippen LogP contribution in [0.1, 0.15) is 13.3 Å². The van der Waals surface area contributed by atoms with Crippen molar-refractivity contribution in [2.45, 2.75) is 13.3 Å². The summed E-state index contributed by atoms with van der Waals surface area (Å²) in [5.41, 5.74) is 5.15. The molecule has 1 aliphatic heterocycles. The Morgan fingerprint density at radius 2 is 1.71 bits per heavy atom. The third kappa shape index (κ3) is 6.54. The molecule has 4 N–H and O–H groups in total. The summed E-state index contributed by atoms with van der Waals surface area (Å²) in [5.74, 6) is -0.437. The maximum Gasteiger partial charge on any atom is 0.242 e. The summed E-state index contributed by atoms with van der Waals surface area (Å²) in [6, 6.07) is 0. The first-order valence-corrected chi connectivity index (χ1v) is 7.30. The molecule has 0 bridgehead atoms. The van der Waals surface area contributed by atoms with Gasteiger partial charge < -0.3 is 21.3 Å². The second-order valence-electron chi connectivity index (χ2n) is 4.99. The molecule has 0 atom stereocenters. The SMILES string of the molecule is CCCNC(=O)CN1CCN(C(=O)CNC(=O)CN)CC1. The van der Waals surface area contributed by atoms with Gasteiger partial charge in [0.15, 0.2) is 0 Å². The van der Waals surface area contributed by atoms with E-state index in [1.54, 1.807) is 4.90 Å². The zero-order valence-electron chi connectivity index (χ0n) is 12.6. The van der Waals surface area contributed by atoms with E-state index in [-0.39, 0.29) is 30.8 Å². The van der Waals surface area contributed by atoms with Gasteiger partial charge in [-0.2, -0.15) is 0 Å². The highest BCUT2D eigenvalue weighted by atomic mass is 16.2. The number of carbonyl (C=O) groups excluding carboxylic acids is 3. The van der Waals surface area contributed by atoms with Crippen molar-refractivity contribution in [3.63, 3.8) is 0 Å². The Labute approximate surface area is 125 Å². The molecule has 0 saturated carbocycles. The van der Waals surface area contributed by atoms with Gasteiger partial charge in [0.25, 0.3) is 0 Å². The molecule has 0 aromatic heterocycles. The van der Waals surface area contributed by atoms with E-state index in [4.69, 9.17) is 5.73 Å². The molecular formula is C13H25N5O3. The molecule has 0 aromatic carbocycles. The van der Waals surface area contributed by atoms with E-state index in [2.05, 4.69) is 10.6 Å². The Morgan fingerprint density at radius 3 is 2.29 bits per heavy atom. The number of amides is 3. The molecule has 3 amide bonds. The van der Waals surface area contributed by atoms with Gasteiger partial charge in [-0.1, -0.05) is 6.92 Å². The quantitative estimate of drug-likeness (QED) is 0.491. The van der Waals surface area contributed by atoms with Gasteiger partial charge in [0.1, 0.15) is 0 Å². The predicted molar refractivity (Wildman–Crippen MR) is 78.4 cm³/mol. The number of nitrogens with one attached hydrogen (secondary N) is 2. The minimum Gasteiger partial charge on any atom is -0.355 e. The fourth-order valence-corrected chi connectivity index (χ4v) is 2.04. The lowest BCUT2D eigenvalue weighted by Gasteiger charge is -2.34. The molecule has 0 spiro atoms. The second-order valence-corrected chi connectivity index (χ2v) is 4.99. The predicted octanol–water partition coefficient (Wildman–Crippen LogP) is -2.27. The van der Waals surface area contributed by atoms with Gasteiger partial charge in [-0.25, -0.2) is 0 Å². The van der Waals surface area contributed by atoms with Crippen LogP contribution in [-0.2, 0) is 14.4 Å². The Hall–Kier alpha value is -1.67. The smallest absolute Gasteiger partial charge is 0.242 e. The highest BCUT2D eigenvalue weighted by Gasteiger charge is 2.22. The van der Waals surface area contributed by atoms with Crippen LogP contribution in [-0.4, -0.2) is 79.9 Å². The highest BCUT2D eigenvalue weighted by molar-refractivity contribution is 5.85. The zero-order valence-corrected chi connectivity index (χ0v) is 12.6. The average Bonchev–Trinajstić information content (AvgIpc) is 2.50. The van der Waals surface area contributed by atoms with Crippen molar-refractivity contribution < 1.29 is 14.4 Å². The summed E-state index contributed by atoms with van der Waals surface area (Å²) in [5, 5.41) is 5.30. The van der Waals surface area contributed by atoms with Crippen molar-refractivity contribution in [1.29, 1.82) is 0 Å². The van der Waals surface area contributed by atoms with E-state index in [1.165, 1.54) is 0 Å². The largest absolute Gasteiger partial charge is 0.355 e. The topological polar surface area (TPSA) is 108 Å². The molecule has 0 radical (unpaired) electrons. The summed E-state index contributed by atoms with van der Waals surface area (Å²) < 4.78 is 0. The third-order valence-electron chi connectivity index (χ3n) is 3.29. The van der Waals surface area contributed by atoms with Crippen LogP contribution in [0, 0.1) is 0 Å². The fraction of sp³-hybridized carbons (Fsp3) is 0.769. The van der Waals surface area contributed by atoms with E-state index in [0.29, 0.717) is 39.3 Å². The lowest BCUT2D eigenvalue weighted by Crippen LogP contribution is -2.53. The van der Waals surface area contributed by atoms with Crippen molar-refractivity contribution in [3.05, 3.63) is 0 Å². The minimum atomic E-state index is -0.338. The molecular weight excluding hydrogens is 274 g/mol. The van der Waals surface area contributed by atoms with E-state index in [0.717, 1.165) is 6.42 Å². The Kier molecular flexibility index (Phi) is 7.70. The van der Waals surface area contributed by atoms with Crippen LogP contribution in [0.4, 0.5) is 0 Å².